The van der Waals surface area contributed by atoms with Crippen molar-refractivity contribution in [2.24, 2.45) is 5.73 Å². The number of benzene rings is 2. The molecule has 0 spiro atoms. The molecule has 2 aromatic carbocycles. The molecule has 0 amide bonds. The van der Waals surface area contributed by atoms with Crippen LogP contribution < -0.4 is 10.5 Å². The molecule has 2 N–H and O–H groups in total. The van der Waals surface area contributed by atoms with Crippen molar-refractivity contribution in [2.45, 2.75) is 20.5 Å². The SMILES string of the molecule is Cc1cc(C(N)=S)ccc1COc1ccccc1C. The maximum Gasteiger partial charge on any atom is 0.122 e. The minimum atomic E-state index is 0.425. The molecule has 0 bridgehead atoms. The van der Waals surface area contributed by atoms with Gasteiger partial charge in [-0.3, -0.25) is 0 Å². The van der Waals surface area contributed by atoms with Crippen LogP contribution in [-0.2, 0) is 6.61 Å². The third-order valence-corrected chi connectivity index (χ3v) is 3.34. The Morgan fingerprint density at radius 3 is 2.47 bits per heavy atom. The van der Waals surface area contributed by atoms with Gasteiger partial charge in [-0.15, -0.1) is 0 Å². The Morgan fingerprint density at radius 2 is 1.84 bits per heavy atom. The summed E-state index contributed by atoms with van der Waals surface area (Å²) < 4.78 is 5.84. The van der Waals surface area contributed by atoms with Crippen molar-refractivity contribution in [3.63, 3.8) is 0 Å². The van der Waals surface area contributed by atoms with Crippen molar-refractivity contribution in [1.82, 2.24) is 0 Å². The van der Waals surface area contributed by atoms with Gasteiger partial charge >= 0.3 is 0 Å². The number of thiocarbonyl (C=S) groups is 1. The number of hydrogen-bond acceptors (Lipinski definition) is 2. The molecule has 0 atom stereocenters. The first-order valence-electron chi connectivity index (χ1n) is 6.15. The summed E-state index contributed by atoms with van der Waals surface area (Å²) in [5.41, 5.74) is 9.93. The molecule has 0 aliphatic heterocycles. The van der Waals surface area contributed by atoms with Gasteiger partial charge in [-0.25, -0.2) is 0 Å². The molecule has 2 nitrogen and oxygen atoms in total. The Labute approximate surface area is 119 Å². The summed E-state index contributed by atoms with van der Waals surface area (Å²) in [5, 5.41) is 0. The summed E-state index contributed by atoms with van der Waals surface area (Å²) >= 11 is 4.97. The molecule has 2 rings (SSSR count). The van der Waals surface area contributed by atoms with Crippen molar-refractivity contribution in [2.75, 3.05) is 0 Å². The van der Waals surface area contributed by atoms with Gasteiger partial charge in [-0.2, -0.15) is 0 Å². The summed E-state index contributed by atoms with van der Waals surface area (Å²) in [6.07, 6.45) is 0. The molecule has 0 aromatic heterocycles. The summed E-state index contributed by atoms with van der Waals surface area (Å²) in [6, 6.07) is 14.0. The second-order valence-corrected chi connectivity index (χ2v) is 5.00. The van der Waals surface area contributed by atoms with Gasteiger partial charge < -0.3 is 10.5 Å². The molecular formula is C16H17NOS. The number of hydrogen-bond donors (Lipinski definition) is 1. The number of ether oxygens (including phenoxy) is 1. The van der Waals surface area contributed by atoms with Crippen LogP contribution >= 0.6 is 12.2 Å². The van der Waals surface area contributed by atoms with E-state index in [-0.39, 0.29) is 0 Å². The van der Waals surface area contributed by atoms with Crippen molar-refractivity contribution in [3.05, 3.63) is 64.7 Å². The average molecular weight is 271 g/mol. The molecule has 3 heteroatoms. The van der Waals surface area contributed by atoms with Gasteiger partial charge in [0.25, 0.3) is 0 Å². The van der Waals surface area contributed by atoms with Gasteiger partial charge in [-0.05, 0) is 42.7 Å². The zero-order valence-corrected chi connectivity index (χ0v) is 12.0. The normalized spacial score (nSPS) is 10.2. The van der Waals surface area contributed by atoms with Crippen LogP contribution in [0.5, 0.6) is 5.75 Å². The van der Waals surface area contributed by atoms with Crippen molar-refractivity contribution < 1.29 is 4.74 Å². The van der Waals surface area contributed by atoms with Crippen LogP contribution in [0.3, 0.4) is 0 Å². The third kappa shape index (κ3) is 3.32. The molecule has 0 aliphatic rings. The molecule has 0 radical (unpaired) electrons. The average Bonchev–Trinajstić information content (AvgIpc) is 2.39. The van der Waals surface area contributed by atoms with E-state index in [9.17, 15) is 0 Å². The topological polar surface area (TPSA) is 35.2 Å². The number of rotatable bonds is 4. The first-order chi connectivity index (χ1) is 9.08. The van der Waals surface area contributed by atoms with E-state index < -0.39 is 0 Å². The molecular weight excluding hydrogens is 254 g/mol. The van der Waals surface area contributed by atoms with E-state index in [4.69, 9.17) is 22.7 Å². The molecule has 0 saturated carbocycles. The summed E-state index contributed by atoms with van der Waals surface area (Å²) in [6.45, 7) is 4.63. The largest absolute Gasteiger partial charge is 0.489 e. The minimum absolute atomic E-state index is 0.425. The Bertz CT molecular complexity index is 607. The Morgan fingerprint density at radius 1 is 1.11 bits per heavy atom. The van der Waals surface area contributed by atoms with Gasteiger partial charge in [0.05, 0.1) is 0 Å². The standard InChI is InChI=1S/C16H17NOS/c1-11-5-3-4-6-15(11)18-10-14-8-7-13(16(17)19)9-12(14)2/h3-9H,10H2,1-2H3,(H2,17,19). The van der Waals surface area contributed by atoms with Gasteiger partial charge in [0, 0.05) is 5.56 Å². The lowest BCUT2D eigenvalue weighted by atomic mass is 10.1. The predicted octanol–water partition coefficient (Wildman–Crippen LogP) is 3.52. The third-order valence-electron chi connectivity index (χ3n) is 3.10. The van der Waals surface area contributed by atoms with Crippen LogP contribution in [0.15, 0.2) is 42.5 Å². The van der Waals surface area contributed by atoms with E-state index in [1.54, 1.807) is 0 Å². The van der Waals surface area contributed by atoms with Crippen LogP contribution in [0, 0.1) is 13.8 Å². The fourth-order valence-corrected chi connectivity index (χ4v) is 2.01. The number of nitrogens with two attached hydrogens (primary N) is 1. The maximum atomic E-state index is 5.84. The van der Waals surface area contributed by atoms with E-state index in [1.807, 2.05) is 56.3 Å². The lowest BCUT2D eigenvalue weighted by molar-refractivity contribution is 0.303. The molecule has 98 valence electrons. The first kappa shape index (κ1) is 13.6. The van der Waals surface area contributed by atoms with Crippen molar-refractivity contribution in [3.8, 4) is 5.75 Å². The Kier molecular flexibility index (Phi) is 4.17. The molecule has 0 saturated heterocycles. The van der Waals surface area contributed by atoms with Crippen molar-refractivity contribution >= 4 is 17.2 Å². The van der Waals surface area contributed by atoms with Crippen LogP contribution in [0.1, 0.15) is 22.3 Å². The highest BCUT2D eigenvalue weighted by Crippen LogP contribution is 2.19. The summed E-state index contributed by atoms with van der Waals surface area (Å²) in [4.78, 5) is 0.425. The first-order valence-corrected chi connectivity index (χ1v) is 6.56. The molecule has 19 heavy (non-hydrogen) atoms. The smallest absolute Gasteiger partial charge is 0.122 e. The van der Waals surface area contributed by atoms with Crippen molar-refractivity contribution in [1.29, 1.82) is 0 Å². The highest BCUT2D eigenvalue weighted by Gasteiger charge is 2.04. The molecule has 0 fully saturated rings. The molecule has 0 heterocycles. The van der Waals surface area contributed by atoms with Crippen LogP contribution in [0.2, 0.25) is 0 Å². The number of aryl methyl sites for hydroxylation is 2. The molecule has 0 unspecified atom stereocenters. The van der Waals surface area contributed by atoms with Gasteiger partial charge in [-0.1, -0.05) is 42.5 Å². The van der Waals surface area contributed by atoms with Crippen LogP contribution in [-0.4, -0.2) is 4.99 Å². The van der Waals surface area contributed by atoms with Crippen LogP contribution in [0.4, 0.5) is 0 Å². The second-order valence-electron chi connectivity index (χ2n) is 4.56. The van der Waals surface area contributed by atoms with Gasteiger partial charge in [0.15, 0.2) is 0 Å². The quantitative estimate of drug-likeness (QED) is 0.864. The maximum absolute atomic E-state index is 5.84. The van der Waals surface area contributed by atoms with E-state index in [2.05, 4.69) is 0 Å². The molecule has 2 aromatic rings. The fourth-order valence-electron chi connectivity index (χ4n) is 1.88. The van der Waals surface area contributed by atoms with E-state index in [1.165, 1.54) is 0 Å². The van der Waals surface area contributed by atoms with E-state index in [0.29, 0.717) is 11.6 Å². The Balaban J connectivity index is 2.12. The Hall–Kier alpha value is -1.87. The fraction of sp³-hybridized carbons (Fsp3) is 0.188. The van der Waals surface area contributed by atoms with E-state index in [0.717, 1.165) is 28.0 Å². The number of para-hydroxylation sites is 1. The zero-order chi connectivity index (χ0) is 13.8. The zero-order valence-electron chi connectivity index (χ0n) is 11.1. The van der Waals surface area contributed by atoms with E-state index >= 15 is 0 Å². The second kappa shape index (κ2) is 5.85. The highest BCUT2D eigenvalue weighted by atomic mass is 32.1. The monoisotopic (exact) mass is 271 g/mol. The highest BCUT2D eigenvalue weighted by molar-refractivity contribution is 7.80. The predicted molar refractivity (Wildman–Crippen MR) is 82.6 cm³/mol. The summed E-state index contributed by atoms with van der Waals surface area (Å²) in [5.74, 6) is 0.917. The summed E-state index contributed by atoms with van der Waals surface area (Å²) in [7, 11) is 0. The van der Waals surface area contributed by atoms with Crippen LogP contribution in [0.25, 0.3) is 0 Å². The lowest BCUT2D eigenvalue weighted by Gasteiger charge is -2.11. The van der Waals surface area contributed by atoms with Gasteiger partial charge in [0.2, 0.25) is 0 Å². The molecule has 0 aliphatic carbocycles. The van der Waals surface area contributed by atoms with Gasteiger partial charge in [0.1, 0.15) is 17.3 Å². The minimum Gasteiger partial charge on any atom is -0.489 e. The lowest BCUT2D eigenvalue weighted by Crippen LogP contribution is -2.10.